The Hall–Kier alpha value is -1.76. The maximum absolute atomic E-state index is 11.7. The van der Waals surface area contributed by atoms with E-state index in [1.807, 2.05) is 0 Å². The number of carbonyl (C=O) groups excluding carboxylic acids is 1. The van der Waals surface area contributed by atoms with Crippen LogP contribution >= 0.6 is 0 Å². The first-order chi connectivity index (χ1) is 8.91. The lowest BCUT2D eigenvalue weighted by Crippen LogP contribution is -2.22. The summed E-state index contributed by atoms with van der Waals surface area (Å²) < 4.78 is 27.5. The van der Waals surface area contributed by atoms with Gasteiger partial charge in [0.1, 0.15) is 0 Å². The van der Waals surface area contributed by atoms with Crippen LogP contribution < -0.4 is 11.1 Å². The molecule has 1 saturated heterocycles. The van der Waals surface area contributed by atoms with E-state index >= 15 is 0 Å². The fraction of sp³-hybridized carbons (Fsp3) is 0.417. The molecule has 0 bridgehead atoms. The zero-order chi connectivity index (χ0) is 14.0. The summed E-state index contributed by atoms with van der Waals surface area (Å²) in [5.41, 5.74) is 6.95. The fourth-order valence-corrected chi connectivity index (χ4v) is 3.77. The van der Waals surface area contributed by atoms with E-state index in [1.54, 1.807) is 12.1 Å². The average molecular weight is 284 g/mol. The van der Waals surface area contributed by atoms with Crippen LogP contribution in [-0.2, 0) is 14.6 Å². The first kappa shape index (κ1) is 13.7. The van der Waals surface area contributed by atoms with Crippen LogP contribution in [0.15, 0.2) is 18.2 Å². The summed E-state index contributed by atoms with van der Waals surface area (Å²) in [4.78, 5) is 11.7. The normalized spacial score (nSPS) is 21.0. The van der Waals surface area contributed by atoms with Crippen molar-refractivity contribution < 1.29 is 17.9 Å². The van der Waals surface area contributed by atoms with Crippen LogP contribution in [0.4, 0.5) is 11.4 Å². The number of sulfone groups is 1. The smallest absolute Gasteiger partial charge is 0.340 e. The summed E-state index contributed by atoms with van der Waals surface area (Å²) in [5.74, 6) is -0.249. The maximum atomic E-state index is 11.7. The summed E-state index contributed by atoms with van der Waals surface area (Å²) in [6, 6.07) is 4.64. The van der Waals surface area contributed by atoms with E-state index in [1.165, 1.54) is 13.2 Å². The van der Waals surface area contributed by atoms with E-state index in [2.05, 4.69) is 10.1 Å². The maximum Gasteiger partial charge on any atom is 0.340 e. The van der Waals surface area contributed by atoms with Crippen LogP contribution in [0, 0.1) is 0 Å². The number of nitrogens with one attached hydrogen (secondary N) is 1. The van der Waals surface area contributed by atoms with Crippen molar-refractivity contribution in [3.63, 3.8) is 0 Å². The van der Waals surface area contributed by atoms with Gasteiger partial charge < -0.3 is 15.8 Å². The molecule has 0 spiro atoms. The molecule has 0 saturated carbocycles. The molecular formula is C12H16N2O4S. The van der Waals surface area contributed by atoms with Gasteiger partial charge in [-0.15, -0.1) is 0 Å². The number of benzene rings is 1. The molecular weight excluding hydrogens is 268 g/mol. The van der Waals surface area contributed by atoms with Crippen molar-refractivity contribution >= 4 is 27.2 Å². The highest BCUT2D eigenvalue weighted by Crippen LogP contribution is 2.23. The molecule has 0 aromatic heterocycles. The molecule has 19 heavy (non-hydrogen) atoms. The summed E-state index contributed by atoms with van der Waals surface area (Å²) in [6.07, 6.45) is 0.535. The number of hydrogen-bond acceptors (Lipinski definition) is 6. The van der Waals surface area contributed by atoms with Crippen molar-refractivity contribution in [3.8, 4) is 0 Å². The van der Waals surface area contributed by atoms with E-state index in [0.29, 0.717) is 23.4 Å². The van der Waals surface area contributed by atoms with Gasteiger partial charge >= 0.3 is 5.97 Å². The van der Waals surface area contributed by atoms with Crippen molar-refractivity contribution in [1.82, 2.24) is 0 Å². The Bertz CT molecular complexity index is 598. The van der Waals surface area contributed by atoms with Crippen LogP contribution in [0.25, 0.3) is 0 Å². The minimum Gasteiger partial charge on any atom is -0.465 e. The summed E-state index contributed by atoms with van der Waals surface area (Å²) in [5, 5.41) is 3.07. The second kappa shape index (κ2) is 5.08. The van der Waals surface area contributed by atoms with Crippen LogP contribution in [0.3, 0.4) is 0 Å². The van der Waals surface area contributed by atoms with Gasteiger partial charge in [0.25, 0.3) is 0 Å². The molecule has 1 unspecified atom stereocenters. The number of hydrogen-bond donors (Lipinski definition) is 2. The second-order valence-corrected chi connectivity index (χ2v) is 6.77. The number of ether oxygens (including phenoxy) is 1. The van der Waals surface area contributed by atoms with Gasteiger partial charge in [0.05, 0.1) is 24.2 Å². The quantitative estimate of drug-likeness (QED) is 0.625. The second-order valence-electron chi connectivity index (χ2n) is 4.54. The van der Waals surface area contributed by atoms with Gasteiger partial charge in [-0.25, -0.2) is 13.2 Å². The lowest BCUT2D eigenvalue weighted by Gasteiger charge is -2.15. The van der Waals surface area contributed by atoms with Gasteiger partial charge in [0.15, 0.2) is 9.84 Å². The lowest BCUT2D eigenvalue weighted by molar-refractivity contribution is 0.0602. The van der Waals surface area contributed by atoms with Gasteiger partial charge in [-0.3, -0.25) is 0 Å². The SMILES string of the molecule is COC(=O)c1cc(N)ccc1NC1CCS(=O)(=O)C1. The molecule has 1 aliphatic heterocycles. The van der Waals surface area contributed by atoms with E-state index in [0.717, 1.165) is 0 Å². The Morgan fingerprint density at radius 2 is 2.21 bits per heavy atom. The van der Waals surface area contributed by atoms with E-state index < -0.39 is 15.8 Å². The van der Waals surface area contributed by atoms with Gasteiger partial charge in [0.2, 0.25) is 0 Å². The minimum absolute atomic E-state index is 0.0813. The Morgan fingerprint density at radius 3 is 2.79 bits per heavy atom. The Labute approximate surface area is 111 Å². The highest BCUT2D eigenvalue weighted by molar-refractivity contribution is 7.91. The van der Waals surface area contributed by atoms with Gasteiger partial charge in [-0.2, -0.15) is 0 Å². The molecule has 0 aliphatic carbocycles. The zero-order valence-corrected chi connectivity index (χ0v) is 11.4. The molecule has 1 heterocycles. The van der Waals surface area contributed by atoms with Crippen molar-refractivity contribution in [3.05, 3.63) is 23.8 Å². The van der Waals surface area contributed by atoms with Crippen LogP contribution in [0.1, 0.15) is 16.8 Å². The fourth-order valence-electron chi connectivity index (χ4n) is 2.10. The molecule has 3 N–H and O–H groups in total. The number of rotatable bonds is 3. The summed E-state index contributed by atoms with van der Waals surface area (Å²) in [7, 11) is -1.68. The van der Waals surface area contributed by atoms with E-state index in [9.17, 15) is 13.2 Å². The van der Waals surface area contributed by atoms with Crippen LogP contribution in [0.5, 0.6) is 0 Å². The first-order valence-corrected chi connectivity index (χ1v) is 7.68. The molecule has 1 fully saturated rings. The molecule has 104 valence electrons. The number of anilines is 2. The predicted molar refractivity (Wildman–Crippen MR) is 72.9 cm³/mol. The van der Waals surface area contributed by atoms with Crippen molar-refractivity contribution in [2.45, 2.75) is 12.5 Å². The number of carbonyl (C=O) groups is 1. The summed E-state index contributed by atoms with van der Waals surface area (Å²) in [6.45, 7) is 0. The molecule has 1 aromatic rings. The number of methoxy groups -OCH3 is 1. The average Bonchev–Trinajstić information content (AvgIpc) is 2.70. The topological polar surface area (TPSA) is 98.5 Å². The van der Waals surface area contributed by atoms with E-state index in [-0.39, 0.29) is 17.5 Å². The minimum atomic E-state index is -2.97. The number of nitrogen functional groups attached to an aromatic ring is 1. The number of esters is 1. The lowest BCUT2D eigenvalue weighted by atomic mass is 10.1. The highest BCUT2D eigenvalue weighted by atomic mass is 32.2. The van der Waals surface area contributed by atoms with E-state index in [4.69, 9.17) is 5.73 Å². The van der Waals surface area contributed by atoms with Crippen molar-refractivity contribution in [1.29, 1.82) is 0 Å². The monoisotopic (exact) mass is 284 g/mol. The molecule has 6 nitrogen and oxygen atoms in total. The largest absolute Gasteiger partial charge is 0.465 e. The van der Waals surface area contributed by atoms with Gasteiger partial charge in [0, 0.05) is 17.4 Å². The molecule has 0 amide bonds. The molecule has 1 atom stereocenters. The van der Waals surface area contributed by atoms with Crippen molar-refractivity contribution in [2.75, 3.05) is 29.7 Å². The Morgan fingerprint density at radius 1 is 1.47 bits per heavy atom. The molecule has 2 rings (SSSR count). The molecule has 1 aromatic carbocycles. The Kier molecular flexibility index (Phi) is 3.66. The van der Waals surface area contributed by atoms with Crippen LogP contribution in [0.2, 0.25) is 0 Å². The highest BCUT2D eigenvalue weighted by Gasteiger charge is 2.28. The summed E-state index contributed by atoms with van der Waals surface area (Å²) >= 11 is 0. The number of nitrogens with two attached hydrogens (primary N) is 1. The molecule has 0 radical (unpaired) electrons. The third-order valence-corrected chi connectivity index (χ3v) is 4.81. The first-order valence-electron chi connectivity index (χ1n) is 5.86. The zero-order valence-electron chi connectivity index (χ0n) is 10.5. The molecule has 7 heteroatoms. The third kappa shape index (κ3) is 3.17. The van der Waals surface area contributed by atoms with Gasteiger partial charge in [-0.05, 0) is 24.6 Å². The van der Waals surface area contributed by atoms with Crippen molar-refractivity contribution in [2.24, 2.45) is 0 Å². The third-order valence-electron chi connectivity index (χ3n) is 3.04. The van der Waals surface area contributed by atoms with Gasteiger partial charge in [-0.1, -0.05) is 0 Å². The van der Waals surface area contributed by atoms with Crippen LogP contribution in [-0.4, -0.2) is 39.0 Å². The molecule has 1 aliphatic rings. The predicted octanol–water partition coefficient (Wildman–Crippen LogP) is 0.654. The standard InChI is InChI=1S/C12H16N2O4S/c1-18-12(15)10-6-8(13)2-3-11(10)14-9-4-5-19(16,17)7-9/h2-3,6,9,14H,4-5,7,13H2,1H3. The Balaban J connectivity index is 2.23.